The number of fused-ring (bicyclic) bond motifs is 10. The van der Waals surface area contributed by atoms with Gasteiger partial charge in [-0.25, -0.2) is 15.0 Å². The van der Waals surface area contributed by atoms with Crippen molar-refractivity contribution in [2.75, 3.05) is 0 Å². The Morgan fingerprint density at radius 3 is 1.94 bits per heavy atom. The second kappa shape index (κ2) is 11.1. The van der Waals surface area contributed by atoms with Gasteiger partial charge in [-0.15, -0.1) is 0 Å². The van der Waals surface area contributed by atoms with E-state index in [0.29, 0.717) is 17.5 Å². The first kappa shape index (κ1) is 29.8. The summed E-state index contributed by atoms with van der Waals surface area (Å²) in [7, 11) is 0. The highest BCUT2D eigenvalue weighted by Gasteiger charge is 2.35. The Hall–Kier alpha value is -6.85. The summed E-state index contributed by atoms with van der Waals surface area (Å²) in [5, 5.41) is 4.32. The van der Waals surface area contributed by atoms with Crippen LogP contribution in [0.5, 0.6) is 0 Å². The Kier molecular flexibility index (Phi) is 6.23. The smallest absolute Gasteiger partial charge is 0.167 e. The zero-order valence-corrected chi connectivity index (χ0v) is 29.2. The van der Waals surface area contributed by atoms with Gasteiger partial charge >= 0.3 is 0 Å². The molecular formula is C48H32N4O. The minimum Gasteiger partial charge on any atom is -0.455 e. The maximum Gasteiger partial charge on any atom is 0.167 e. The summed E-state index contributed by atoms with van der Waals surface area (Å²) in [6, 6.07) is 55.2. The molecule has 0 saturated carbocycles. The fourth-order valence-electron chi connectivity index (χ4n) is 8.54. The third-order valence-corrected chi connectivity index (χ3v) is 11.1. The van der Waals surface area contributed by atoms with Crippen molar-refractivity contribution in [2.24, 2.45) is 0 Å². The van der Waals surface area contributed by atoms with Crippen LogP contribution in [-0.2, 0) is 5.41 Å². The Labute approximate surface area is 305 Å². The van der Waals surface area contributed by atoms with Crippen LogP contribution in [0.15, 0.2) is 162 Å². The lowest BCUT2D eigenvalue weighted by Crippen LogP contribution is -2.14. The number of para-hydroxylation sites is 3. The monoisotopic (exact) mass is 680 g/mol. The molecule has 0 spiro atoms. The van der Waals surface area contributed by atoms with Crippen LogP contribution in [0.3, 0.4) is 0 Å². The number of furan rings is 1. The number of aromatic nitrogens is 4. The molecule has 1 aliphatic carbocycles. The fourth-order valence-corrected chi connectivity index (χ4v) is 8.54. The third-order valence-electron chi connectivity index (χ3n) is 11.1. The lowest BCUT2D eigenvalue weighted by molar-refractivity contribution is 0.660. The molecule has 53 heavy (non-hydrogen) atoms. The van der Waals surface area contributed by atoms with E-state index in [1.165, 1.54) is 22.3 Å². The highest BCUT2D eigenvalue weighted by Crippen LogP contribution is 2.49. The van der Waals surface area contributed by atoms with Crippen LogP contribution in [0, 0.1) is 0 Å². The minimum absolute atomic E-state index is 0.0837. The molecule has 250 valence electrons. The molecule has 0 fully saturated rings. The summed E-state index contributed by atoms with van der Waals surface area (Å²) in [5.41, 5.74) is 12.7. The summed E-state index contributed by atoms with van der Waals surface area (Å²) < 4.78 is 9.33. The van der Waals surface area contributed by atoms with Gasteiger partial charge in [-0.1, -0.05) is 129 Å². The topological polar surface area (TPSA) is 56.7 Å². The van der Waals surface area contributed by atoms with Crippen LogP contribution < -0.4 is 0 Å². The molecule has 1 aliphatic rings. The van der Waals surface area contributed by atoms with Crippen LogP contribution in [0.1, 0.15) is 25.0 Å². The predicted octanol–water partition coefficient (Wildman–Crippen LogP) is 12.2. The Morgan fingerprint density at radius 2 is 1.09 bits per heavy atom. The van der Waals surface area contributed by atoms with Gasteiger partial charge in [0, 0.05) is 38.4 Å². The van der Waals surface area contributed by atoms with E-state index in [-0.39, 0.29) is 5.41 Å². The van der Waals surface area contributed by atoms with Gasteiger partial charge in [0.05, 0.1) is 22.0 Å². The molecular weight excluding hydrogens is 649 g/mol. The lowest BCUT2D eigenvalue weighted by atomic mass is 9.82. The number of rotatable bonds is 4. The van der Waals surface area contributed by atoms with Gasteiger partial charge in [0.25, 0.3) is 0 Å². The first-order chi connectivity index (χ1) is 26.0. The molecule has 0 saturated heterocycles. The molecule has 0 radical (unpaired) electrons. The Balaban J connectivity index is 1.15. The number of benzene rings is 7. The number of nitrogens with zero attached hydrogens (tertiary/aromatic N) is 4. The molecule has 0 amide bonds. The molecule has 0 atom stereocenters. The summed E-state index contributed by atoms with van der Waals surface area (Å²) in [6.45, 7) is 4.60. The van der Waals surface area contributed by atoms with Crippen LogP contribution in [0.4, 0.5) is 0 Å². The highest BCUT2D eigenvalue weighted by atomic mass is 16.3. The molecule has 0 aliphatic heterocycles. The molecule has 0 unspecified atom stereocenters. The standard InChI is InChI=1S/C48H32N4O/c1-48(2)38-22-11-9-18-32(38)37-28-30(24-26-39(37)48)46-49-45(29-14-5-3-6-15-29)50-47(51-46)36-21-13-20-33-34-25-27-41-42(44(34)53-43(33)36)35-19-10-12-23-40(35)52(41)31-16-7-4-8-17-31/h3-28H,1-2H3. The van der Waals surface area contributed by atoms with Crippen LogP contribution in [0.2, 0.25) is 0 Å². The van der Waals surface area contributed by atoms with Crippen LogP contribution in [-0.4, -0.2) is 19.5 Å². The molecule has 11 rings (SSSR count). The molecule has 7 aromatic carbocycles. The van der Waals surface area contributed by atoms with Crippen molar-refractivity contribution in [1.29, 1.82) is 0 Å². The molecule has 3 heterocycles. The van der Waals surface area contributed by atoms with E-state index in [0.717, 1.165) is 66.1 Å². The van der Waals surface area contributed by atoms with E-state index in [1.54, 1.807) is 0 Å². The average Bonchev–Trinajstić information content (AvgIpc) is 3.84. The van der Waals surface area contributed by atoms with Crippen molar-refractivity contribution in [1.82, 2.24) is 19.5 Å². The Morgan fingerprint density at radius 1 is 0.453 bits per heavy atom. The zero-order chi connectivity index (χ0) is 35.3. The average molecular weight is 681 g/mol. The number of hydrogen-bond acceptors (Lipinski definition) is 4. The maximum atomic E-state index is 7.01. The van der Waals surface area contributed by atoms with Gasteiger partial charge in [0.2, 0.25) is 0 Å². The minimum atomic E-state index is -0.0837. The molecule has 3 aromatic heterocycles. The maximum absolute atomic E-state index is 7.01. The lowest BCUT2D eigenvalue weighted by Gasteiger charge is -2.21. The second-order valence-corrected chi connectivity index (χ2v) is 14.4. The van der Waals surface area contributed by atoms with E-state index in [9.17, 15) is 0 Å². The highest BCUT2D eigenvalue weighted by molar-refractivity contribution is 6.24. The van der Waals surface area contributed by atoms with Crippen LogP contribution in [0.25, 0.3) is 94.7 Å². The summed E-state index contributed by atoms with van der Waals surface area (Å²) in [4.78, 5) is 15.4. The second-order valence-electron chi connectivity index (χ2n) is 14.4. The number of hydrogen-bond donors (Lipinski definition) is 0. The van der Waals surface area contributed by atoms with Crippen molar-refractivity contribution in [3.05, 3.63) is 169 Å². The van der Waals surface area contributed by atoms with E-state index in [1.807, 2.05) is 30.3 Å². The molecule has 10 aromatic rings. The van der Waals surface area contributed by atoms with Crippen molar-refractivity contribution in [3.63, 3.8) is 0 Å². The zero-order valence-electron chi connectivity index (χ0n) is 29.2. The first-order valence-electron chi connectivity index (χ1n) is 18.0. The van der Waals surface area contributed by atoms with Crippen molar-refractivity contribution < 1.29 is 4.42 Å². The molecule has 0 N–H and O–H groups in total. The summed E-state index contributed by atoms with van der Waals surface area (Å²) in [5.74, 6) is 1.82. The molecule has 5 nitrogen and oxygen atoms in total. The van der Waals surface area contributed by atoms with Gasteiger partial charge in [-0.05, 0) is 64.7 Å². The largest absolute Gasteiger partial charge is 0.455 e. The van der Waals surface area contributed by atoms with Crippen LogP contribution >= 0.6 is 0 Å². The van der Waals surface area contributed by atoms with Gasteiger partial charge in [0.1, 0.15) is 11.2 Å². The first-order valence-corrected chi connectivity index (χ1v) is 18.0. The van der Waals surface area contributed by atoms with Gasteiger partial charge < -0.3 is 8.98 Å². The van der Waals surface area contributed by atoms with E-state index >= 15 is 0 Å². The normalized spacial score (nSPS) is 13.2. The van der Waals surface area contributed by atoms with E-state index in [2.05, 4.69) is 146 Å². The Bertz CT molecular complexity index is 3080. The predicted molar refractivity (Wildman–Crippen MR) is 215 cm³/mol. The summed E-state index contributed by atoms with van der Waals surface area (Å²) >= 11 is 0. The van der Waals surface area contributed by atoms with Gasteiger partial charge in [0.15, 0.2) is 17.5 Å². The van der Waals surface area contributed by atoms with E-state index < -0.39 is 0 Å². The van der Waals surface area contributed by atoms with Gasteiger partial charge in [-0.2, -0.15) is 0 Å². The fraction of sp³-hybridized carbons (Fsp3) is 0.0625. The molecule has 5 heteroatoms. The van der Waals surface area contributed by atoms with Crippen molar-refractivity contribution >= 4 is 43.7 Å². The van der Waals surface area contributed by atoms with Crippen molar-refractivity contribution in [3.8, 4) is 51.0 Å². The quantitative estimate of drug-likeness (QED) is 0.186. The van der Waals surface area contributed by atoms with Gasteiger partial charge in [-0.3, -0.25) is 0 Å². The summed E-state index contributed by atoms with van der Waals surface area (Å²) in [6.07, 6.45) is 0. The molecule has 0 bridgehead atoms. The van der Waals surface area contributed by atoms with Crippen molar-refractivity contribution in [2.45, 2.75) is 19.3 Å². The van der Waals surface area contributed by atoms with E-state index in [4.69, 9.17) is 19.4 Å². The third kappa shape index (κ3) is 4.34. The SMILES string of the molecule is CC1(C)c2ccccc2-c2cc(-c3nc(-c4ccccc4)nc(-c4cccc5c4oc4c5ccc5c4c4ccccc4n5-c4ccccc4)n3)ccc21.